The molecule has 2 atom stereocenters. The van der Waals surface area contributed by atoms with Crippen molar-refractivity contribution in [2.75, 3.05) is 13.1 Å². The van der Waals surface area contributed by atoms with Gasteiger partial charge in [0, 0.05) is 38.0 Å². The van der Waals surface area contributed by atoms with Crippen LogP contribution in [0.1, 0.15) is 58.6 Å². The van der Waals surface area contributed by atoms with Crippen molar-refractivity contribution >= 4 is 17.7 Å². The van der Waals surface area contributed by atoms with Crippen molar-refractivity contribution in [2.45, 2.75) is 56.9 Å². The third-order valence-corrected chi connectivity index (χ3v) is 7.36. The Kier molecular flexibility index (Phi) is 6.35. The minimum absolute atomic E-state index is 0.0310. The lowest BCUT2D eigenvalue weighted by atomic mass is 9.87. The Bertz CT molecular complexity index is 1180. The summed E-state index contributed by atoms with van der Waals surface area (Å²) < 4.78 is 42.2. The van der Waals surface area contributed by atoms with E-state index in [1.807, 2.05) is 12.1 Å². The third kappa shape index (κ3) is 4.57. The van der Waals surface area contributed by atoms with Gasteiger partial charge in [-0.2, -0.15) is 0 Å². The standard InChI is InChI=1S/C26H26F3N3O3/c27-20-3-1-2-17(24(20)29)13-22(28)31-10-8-15(9-11-31)16-4-5-19-18(12-16)14-32(26(19)35)21-6-7-23(33)30-25(21)34/h1-5,12,15,21-22H,6-11,13-14H2,(H,30,33,34). The van der Waals surface area contributed by atoms with Crippen LogP contribution in [0.15, 0.2) is 36.4 Å². The first-order chi connectivity index (χ1) is 16.8. The second-order valence-electron chi connectivity index (χ2n) is 9.48. The van der Waals surface area contributed by atoms with Gasteiger partial charge in [-0.1, -0.05) is 24.3 Å². The molecule has 6 nitrogen and oxygen atoms in total. The van der Waals surface area contributed by atoms with E-state index in [0.29, 0.717) is 44.5 Å². The summed E-state index contributed by atoms with van der Waals surface area (Å²) in [5.41, 5.74) is 2.51. The number of nitrogens with one attached hydrogen (secondary N) is 1. The van der Waals surface area contributed by atoms with Gasteiger partial charge in [-0.3, -0.25) is 24.6 Å². The van der Waals surface area contributed by atoms with Gasteiger partial charge in [-0.05, 0) is 54.0 Å². The molecule has 0 radical (unpaired) electrons. The van der Waals surface area contributed by atoms with Crippen LogP contribution in [0.3, 0.4) is 0 Å². The number of amides is 3. The number of alkyl halides is 1. The highest BCUT2D eigenvalue weighted by Crippen LogP contribution is 2.34. The Labute approximate surface area is 201 Å². The van der Waals surface area contributed by atoms with Crippen LogP contribution in [0.4, 0.5) is 13.2 Å². The van der Waals surface area contributed by atoms with Crippen LogP contribution in [0.2, 0.25) is 0 Å². The first kappa shape index (κ1) is 23.5. The molecule has 3 amide bonds. The summed E-state index contributed by atoms with van der Waals surface area (Å²) in [6.07, 6.45) is 0.338. The number of carbonyl (C=O) groups is 3. The third-order valence-electron chi connectivity index (χ3n) is 7.36. The number of hydrogen-bond donors (Lipinski definition) is 1. The number of benzene rings is 2. The average Bonchev–Trinajstić information content (AvgIpc) is 3.17. The second kappa shape index (κ2) is 9.45. The van der Waals surface area contributed by atoms with Gasteiger partial charge in [0.05, 0.1) is 0 Å². The van der Waals surface area contributed by atoms with E-state index in [0.717, 1.165) is 17.2 Å². The Balaban J connectivity index is 1.21. The van der Waals surface area contributed by atoms with Gasteiger partial charge in [0.1, 0.15) is 6.04 Å². The fraction of sp³-hybridized carbons (Fsp3) is 0.423. The Morgan fingerprint density at radius 2 is 1.80 bits per heavy atom. The molecule has 3 aliphatic heterocycles. The summed E-state index contributed by atoms with van der Waals surface area (Å²) in [7, 11) is 0. The van der Waals surface area contributed by atoms with E-state index < -0.39 is 29.9 Å². The minimum atomic E-state index is -1.40. The lowest BCUT2D eigenvalue weighted by Crippen LogP contribution is -2.52. The molecule has 2 saturated heterocycles. The first-order valence-electron chi connectivity index (χ1n) is 11.9. The van der Waals surface area contributed by atoms with E-state index in [1.54, 1.807) is 11.0 Å². The summed E-state index contributed by atoms with van der Waals surface area (Å²) in [4.78, 5) is 39.8. The number of nitrogens with zero attached hydrogens (tertiary/aromatic N) is 2. The molecule has 184 valence electrons. The van der Waals surface area contributed by atoms with Crippen molar-refractivity contribution in [3.63, 3.8) is 0 Å². The molecule has 0 aliphatic carbocycles. The van der Waals surface area contributed by atoms with Gasteiger partial charge in [0.15, 0.2) is 17.9 Å². The number of rotatable bonds is 5. The van der Waals surface area contributed by atoms with Crippen LogP contribution in [0, 0.1) is 11.6 Å². The van der Waals surface area contributed by atoms with Crippen LogP contribution in [-0.2, 0) is 22.6 Å². The molecule has 0 saturated carbocycles. The molecule has 9 heteroatoms. The van der Waals surface area contributed by atoms with E-state index in [9.17, 15) is 27.6 Å². The number of imide groups is 1. The van der Waals surface area contributed by atoms with Crippen LogP contribution in [0.5, 0.6) is 0 Å². The molecule has 35 heavy (non-hydrogen) atoms. The van der Waals surface area contributed by atoms with Crippen molar-refractivity contribution < 1.29 is 27.6 Å². The normalized spacial score (nSPS) is 22.3. The molecule has 2 fully saturated rings. The van der Waals surface area contributed by atoms with Gasteiger partial charge in [-0.15, -0.1) is 0 Å². The molecule has 0 bridgehead atoms. The van der Waals surface area contributed by atoms with Crippen LogP contribution >= 0.6 is 0 Å². The van der Waals surface area contributed by atoms with Crippen molar-refractivity contribution in [2.24, 2.45) is 0 Å². The lowest BCUT2D eigenvalue weighted by Gasteiger charge is -2.34. The van der Waals surface area contributed by atoms with Crippen molar-refractivity contribution in [3.05, 3.63) is 70.3 Å². The lowest BCUT2D eigenvalue weighted by molar-refractivity contribution is -0.136. The maximum Gasteiger partial charge on any atom is 0.255 e. The first-order valence-corrected chi connectivity index (χ1v) is 11.9. The van der Waals surface area contributed by atoms with Crippen molar-refractivity contribution in [1.82, 2.24) is 15.1 Å². The van der Waals surface area contributed by atoms with Gasteiger partial charge in [-0.25, -0.2) is 13.2 Å². The maximum atomic E-state index is 14.9. The van der Waals surface area contributed by atoms with Gasteiger partial charge in [0.2, 0.25) is 11.8 Å². The van der Waals surface area contributed by atoms with Gasteiger partial charge in [0.25, 0.3) is 5.91 Å². The molecular weight excluding hydrogens is 459 g/mol. The SMILES string of the molecule is O=C1CCC(N2Cc3cc(C4CCN(C(F)Cc5cccc(F)c5F)CC4)ccc3C2=O)C(=O)N1. The highest BCUT2D eigenvalue weighted by molar-refractivity contribution is 6.05. The van der Waals surface area contributed by atoms with E-state index in [4.69, 9.17) is 0 Å². The van der Waals surface area contributed by atoms with Gasteiger partial charge < -0.3 is 4.90 Å². The summed E-state index contributed by atoms with van der Waals surface area (Å²) in [5, 5.41) is 2.30. The predicted octanol–water partition coefficient (Wildman–Crippen LogP) is 3.44. The summed E-state index contributed by atoms with van der Waals surface area (Å²) in [6.45, 7) is 1.29. The number of carbonyl (C=O) groups excluding carboxylic acids is 3. The fourth-order valence-electron chi connectivity index (χ4n) is 5.38. The summed E-state index contributed by atoms with van der Waals surface area (Å²) in [6, 6.07) is 8.86. The van der Waals surface area contributed by atoms with Crippen molar-refractivity contribution in [1.29, 1.82) is 0 Å². The average molecular weight is 486 g/mol. The smallest absolute Gasteiger partial charge is 0.255 e. The van der Waals surface area contributed by atoms with E-state index in [1.165, 1.54) is 17.0 Å². The van der Waals surface area contributed by atoms with Crippen LogP contribution in [-0.4, -0.2) is 52.9 Å². The Morgan fingerprint density at radius 1 is 1.03 bits per heavy atom. The fourth-order valence-corrected chi connectivity index (χ4v) is 5.38. The second-order valence-corrected chi connectivity index (χ2v) is 9.48. The molecule has 2 aromatic carbocycles. The highest BCUT2D eigenvalue weighted by atomic mass is 19.2. The summed E-state index contributed by atoms with van der Waals surface area (Å²) >= 11 is 0. The van der Waals surface area contributed by atoms with E-state index in [-0.39, 0.29) is 36.1 Å². The zero-order valence-corrected chi connectivity index (χ0v) is 19.1. The molecule has 0 aromatic heterocycles. The molecule has 2 unspecified atom stereocenters. The molecule has 5 rings (SSSR count). The minimum Gasteiger partial charge on any atom is -0.322 e. The number of likely N-dealkylation sites (tertiary alicyclic amines) is 1. The molecular formula is C26H26F3N3O3. The monoisotopic (exact) mass is 485 g/mol. The molecule has 1 N–H and O–H groups in total. The Hall–Kier alpha value is -3.20. The quantitative estimate of drug-likeness (QED) is 0.521. The van der Waals surface area contributed by atoms with Crippen LogP contribution < -0.4 is 5.32 Å². The number of halogens is 3. The molecule has 2 aromatic rings. The summed E-state index contributed by atoms with van der Waals surface area (Å²) in [5.74, 6) is -2.74. The number of hydrogen-bond acceptors (Lipinski definition) is 4. The molecule has 0 spiro atoms. The van der Waals surface area contributed by atoms with Crippen molar-refractivity contribution in [3.8, 4) is 0 Å². The van der Waals surface area contributed by atoms with E-state index >= 15 is 0 Å². The number of piperidine rings is 2. The zero-order chi connectivity index (χ0) is 24.7. The van der Waals surface area contributed by atoms with Gasteiger partial charge >= 0.3 is 0 Å². The molecule has 3 heterocycles. The predicted molar refractivity (Wildman–Crippen MR) is 121 cm³/mol. The van der Waals surface area contributed by atoms with Crippen LogP contribution in [0.25, 0.3) is 0 Å². The molecule has 3 aliphatic rings. The van der Waals surface area contributed by atoms with E-state index in [2.05, 4.69) is 5.32 Å². The zero-order valence-electron chi connectivity index (χ0n) is 19.1. The maximum absolute atomic E-state index is 14.9. The Morgan fingerprint density at radius 3 is 2.54 bits per heavy atom. The largest absolute Gasteiger partial charge is 0.322 e. The highest BCUT2D eigenvalue weighted by Gasteiger charge is 2.39. The number of fused-ring (bicyclic) bond motifs is 1. The topological polar surface area (TPSA) is 69.7 Å².